The lowest BCUT2D eigenvalue weighted by Gasteiger charge is -2.21. The molecule has 1 aliphatic rings. The van der Waals surface area contributed by atoms with Gasteiger partial charge in [0.15, 0.2) is 5.13 Å². The Kier molecular flexibility index (Phi) is 4.90. The molecular weight excluding hydrogens is 298 g/mol. The standard InChI is InChI=1S/C16H21N3O2S/c1-21-12-3-2-4-13-15(12)19-16(22-13)18-14(20)6-5-11-7-9-17-10-8-11/h2-4,11,17H,5-10H2,1H3,(H,18,19,20). The minimum atomic E-state index is 0.0524. The molecule has 0 unspecified atom stereocenters. The van der Waals surface area contributed by atoms with Crippen molar-refractivity contribution >= 4 is 32.6 Å². The summed E-state index contributed by atoms with van der Waals surface area (Å²) in [4.78, 5) is 16.6. The first-order chi connectivity index (χ1) is 10.8. The first-order valence-corrected chi connectivity index (χ1v) is 8.52. The van der Waals surface area contributed by atoms with Gasteiger partial charge in [-0.05, 0) is 50.4 Å². The minimum absolute atomic E-state index is 0.0524. The number of carbonyl (C=O) groups is 1. The molecule has 22 heavy (non-hydrogen) atoms. The van der Waals surface area contributed by atoms with Crippen LogP contribution in [0.25, 0.3) is 10.2 Å². The number of ether oxygens (including phenoxy) is 1. The Hall–Kier alpha value is -1.66. The second-order valence-electron chi connectivity index (χ2n) is 5.61. The van der Waals surface area contributed by atoms with Crippen molar-refractivity contribution in [3.63, 3.8) is 0 Å². The van der Waals surface area contributed by atoms with E-state index in [0.29, 0.717) is 17.5 Å². The molecule has 2 N–H and O–H groups in total. The van der Waals surface area contributed by atoms with Gasteiger partial charge in [-0.2, -0.15) is 0 Å². The number of hydrogen-bond donors (Lipinski definition) is 2. The number of thiazole rings is 1. The summed E-state index contributed by atoms with van der Waals surface area (Å²) in [6, 6.07) is 5.80. The highest BCUT2D eigenvalue weighted by atomic mass is 32.1. The first-order valence-electron chi connectivity index (χ1n) is 7.70. The Morgan fingerprint density at radius 3 is 3.05 bits per heavy atom. The van der Waals surface area contributed by atoms with E-state index in [9.17, 15) is 4.79 Å². The number of rotatable bonds is 5. The van der Waals surface area contributed by atoms with E-state index in [-0.39, 0.29) is 5.91 Å². The third-order valence-corrected chi connectivity index (χ3v) is 5.02. The lowest BCUT2D eigenvalue weighted by atomic mass is 9.93. The SMILES string of the molecule is COc1cccc2sc(NC(=O)CCC3CCNCC3)nc12. The number of fused-ring (bicyclic) bond motifs is 1. The summed E-state index contributed by atoms with van der Waals surface area (Å²) in [5.41, 5.74) is 0.809. The zero-order valence-corrected chi connectivity index (χ0v) is 13.5. The number of carbonyl (C=O) groups excluding carboxylic acids is 1. The highest BCUT2D eigenvalue weighted by Crippen LogP contribution is 2.32. The molecule has 2 aromatic rings. The smallest absolute Gasteiger partial charge is 0.226 e. The Labute approximate surface area is 134 Å². The van der Waals surface area contributed by atoms with Crippen LogP contribution in [0.1, 0.15) is 25.7 Å². The molecule has 1 aliphatic heterocycles. The summed E-state index contributed by atoms with van der Waals surface area (Å²) in [6.07, 6.45) is 3.87. The van der Waals surface area contributed by atoms with Gasteiger partial charge in [0.2, 0.25) is 5.91 Å². The van der Waals surface area contributed by atoms with E-state index in [1.54, 1.807) is 7.11 Å². The molecule has 5 nitrogen and oxygen atoms in total. The van der Waals surface area contributed by atoms with E-state index in [0.717, 1.165) is 35.5 Å². The van der Waals surface area contributed by atoms with Crippen LogP contribution in [-0.2, 0) is 4.79 Å². The summed E-state index contributed by atoms with van der Waals surface area (Å²) in [5, 5.41) is 6.91. The molecule has 3 rings (SSSR count). The maximum atomic E-state index is 12.1. The second kappa shape index (κ2) is 7.07. The van der Waals surface area contributed by atoms with Gasteiger partial charge in [0.05, 0.1) is 11.8 Å². The van der Waals surface area contributed by atoms with Crippen molar-refractivity contribution in [2.45, 2.75) is 25.7 Å². The molecule has 1 saturated heterocycles. The van der Waals surface area contributed by atoms with E-state index < -0.39 is 0 Å². The van der Waals surface area contributed by atoms with Crippen molar-refractivity contribution in [1.82, 2.24) is 10.3 Å². The molecular formula is C16H21N3O2S. The largest absolute Gasteiger partial charge is 0.494 e. The van der Waals surface area contributed by atoms with Crippen molar-refractivity contribution in [3.8, 4) is 5.75 Å². The fourth-order valence-corrected chi connectivity index (χ4v) is 3.73. The van der Waals surface area contributed by atoms with E-state index in [2.05, 4.69) is 15.6 Å². The van der Waals surface area contributed by atoms with Gasteiger partial charge in [0.25, 0.3) is 0 Å². The number of nitrogens with one attached hydrogen (secondary N) is 2. The fourth-order valence-electron chi connectivity index (χ4n) is 2.83. The third-order valence-electron chi connectivity index (χ3n) is 4.09. The molecule has 1 aromatic carbocycles. The van der Waals surface area contributed by atoms with Gasteiger partial charge in [0, 0.05) is 6.42 Å². The number of hydrogen-bond acceptors (Lipinski definition) is 5. The van der Waals surface area contributed by atoms with E-state index >= 15 is 0 Å². The zero-order chi connectivity index (χ0) is 15.4. The molecule has 2 heterocycles. The monoisotopic (exact) mass is 319 g/mol. The van der Waals surface area contributed by atoms with Crippen LogP contribution in [0, 0.1) is 5.92 Å². The van der Waals surface area contributed by atoms with Crippen LogP contribution in [0.5, 0.6) is 5.75 Å². The van der Waals surface area contributed by atoms with Gasteiger partial charge in [-0.1, -0.05) is 17.4 Å². The number of para-hydroxylation sites is 1. The average molecular weight is 319 g/mol. The van der Waals surface area contributed by atoms with Crippen molar-refractivity contribution in [3.05, 3.63) is 18.2 Å². The molecule has 118 valence electrons. The first kappa shape index (κ1) is 15.2. The highest BCUT2D eigenvalue weighted by Gasteiger charge is 2.15. The highest BCUT2D eigenvalue weighted by molar-refractivity contribution is 7.22. The van der Waals surface area contributed by atoms with Crippen molar-refractivity contribution in [2.24, 2.45) is 5.92 Å². The van der Waals surface area contributed by atoms with Crippen LogP contribution in [0.2, 0.25) is 0 Å². The molecule has 0 aliphatic carbocycles. The molecule has 6 heteroatoms. The van der Waals surface area contributed by atoms with Crippen LogP contribution in [-0.4, -0.2) is 31.1 Å². The van der Waals surface area contributed by atoms with Gasteiger partial charge in [-0.15, -0.1) is 0 Å². The Morgan fingerprint density at radius 1 is 1.45 bits per heavy atom. The van der Waals surface area contributed by atoms with E-state index in [1.165, 1.54) is 24.2 Å². The normalized spacial score (nSPS) is 15.9. The summed E-state index contributed by atoms with van der Waals surface area (Å²) in [6.45, 7) is 2.15. The third kappa shape index (κ3) is 3.56. The van der Waals surface area contributed by atoms with Gasteiger partial charge in [0.1, 0.15) is 11.3 Å². The molecule has 0 saturated carbocycles. The predicted molar refractivity (Wildman–Crippen MR) is 89.6 cm³/mol. The molecule has 0 radical (unpaired) electrons. The number of aromatic nitrogens is 1. The van der Waals surface area contributed by atoms with Crippen LogP contribution in [0.3, 0.4) is 0 Å². The van der Waals surface area contributed by atoms with Crippen molar-refractivity contribution < 1.29 is 9.53 Å². The number of methoxy groups -OCH3 is 1. The number of nitrogens with zero attached hydrogens (tertiary/aromatic N) is 1. The predicted octanol–water partition coefficient (Wildman–Crippen LogP) is 3.02. The van der Waals surface area contributed by atoms with Crippen LogP contribution >= 0.6 is 11.3 Å². The van der Waals surface area contributed by atoms with Crippen LogP contribution in [0.15, 0.2) is 18.2 Å². The molecule has 1 fully saturated rings. The lowest BCUT2D eigenvalue weighted by molar-refractivity contribution is -0.116. The second-order valence-corrected chi connectivity index (χ2v) is 6.64. The van der Waals surface area contributed by atoms with Gasteiger partial charge in [-0.25, -0.2) is 4.98 Å². The number of amides is 1. The summed E-state index contributed by atoms with van der Waals surface area (Å²) >= 11 is 1.48. The molecule has 0 atom stereocenters. The van der Waals surface area contributed by atoms with E-state index in [4.69, 9.17) is 4.74 Å². The zero-order valence-electron chi connectivity index (χ0n) is 12.7. The maximum Gasteiger partial charge on any atom is 0.226 e. The summed E-state index contributed by atoms with van der Waals surface area (Å²) < 4.78 is 6.32. The average Bonchev–Trinajstić information content (AvgIpc) is 2.96. The summed E-state index contributed by atoms with van der Waals surface area (Å²) in [5.74, 6) is 1.46. The van der Waals surface area contributed by atoms with Crippen molar-refractivity contribution in [2.75, 3.05) is 25.5 Å². The fraction of sp³-hybridized carbons (Fsp3) is 0.500. The Morgan fingerprint density at radius 2 is 2.27 bits per heavy atom. The number of piperidine rings is 1. The molecule has 1 aromatic heterocycles. The van der Waals surface area contributed by atoms with Crippen LogP contribution < -0.4 is 15.4 Å². The topological polar surface area (TPSA) is 63.2 Å². The van der Waals surface area contributed by atoms with Gasteiger partial charge >= 0.3 is 0 Å². The number of benzene rings is 1. The van der Waals surface area contributed by atoms with Gasteiger partial charge in [-0.3, -0.25) is 4.79 Å². The van der Waals surface area contributed by atoms with E-state index in [1.807, 2.05) is 18.2 Å². The Balaban J connectivity index is 1.59. The maximum absolute atomic E-state index is 12.1. The molecule has 0 spiro atoms. The Bertz CT molecular complexity index is 650. The van der Waals surface area contributed by atoms with Gasteiger partial charge < -0.3 is 15.4 Å². The number of anilines is 1. The van der Waals surface area contributed by atoms with Crippen LogP contribution in [0.4, 0.5) is 5.13 Å². The minimum Gasteiger partial charge on any atom is -0.494 e. The molecule has 1 amide bonds. The van der Waals surface area contributed by atoms with Crippen molar-refractivity contribution in [1.29, 1.82) is 0 Å². The quantitative estimate of drug-likeness (QED) is 0.889. The summed E-state index contributed by atoms with van der Waals surface area (Å²) in [7, 11) is 1.63. The molecule has 0 bridgehead atoms. The lowest BCUT2D eigenvalue weighted by Crippen LogP contribution is -2.28.